The highest BCUT2D eigenvalue weighted by atomic mass is 16.5. The van der Waals surface area contributed by atoms with E-state index in [1.165, 1.54) is 16.6 Å². The van der Waals surface area contributed by atoms with E-state index >= 15 is 0 Å². The van der Waals surface area contributed by atoms with E-state index in [1.807, 2.05) is 41.3 Å². The van der Waals surface area contributed by atoms with Crippen molar-refractivity contribution < 1.29 is 9.53 Å². The Kier molecular flexibility index (Phi) is 4.93. The predicted molar refractivity (Wildman–Crippen MR) is 117 cm³/mol. The second-order valence-electron chi connectivity index (χ2n) is 7.65. The van der Waals surface area contributed by atoms with E-state index in [-0.39, 0.29) is 5.91 Å². The number of hydrogen-bond donors (Lipinski definition) is 1. The van der Waals surface area contributed by atoms with Gasteiger partial charge in [0.1, 0.15) is 11.3 Å². The molecule has 1 saturated heterocycles. The summed E-state index contributed by atoms with van der Waals surface area (Å²) in [5.41, 5.74) is 2.94. The average molecular weight is 397 g/mol. The first-order valence-electron chi connectivity index (χ1n) is 10.3. The van der Waals surface area contributed by atoms with Gasteiger partial charge in [0, 0.05) is 36.4 Å². The number of benzene rings is 2. The summed E-state index contributed by atoms with van der Waals surface area (Å²) in [6, 6.07) is 23.6. The van der Waals surface area contributed by atoms with Gasteiger partial charge < -0.3 is 14.6 Å². The van der Waals surface area contributed by atoms with Crippen LogP contribution < -0.4 is 4.74 Å². The van der Waals surface area contributed by atoms with Gasteiger partial charge in [0.05, 0.1) is 0 Å². The number of carbonyl (C=O) groups is 1. The Morgan fingerprint density at radius 3 is 2.53 bits per heavy atom. The third-order valence-corrected chi connectivity index (χ3v) is 5.73. The Morgan fingerprint density at radius 2 is 1.73 bits per heavy atom. The highest BCUT2D eigenvalue weighted by Crippen LogP contribution is 2.31. The Morgan fingerprint density at radius 1 is 0.967 bits per heavy atom. The Bertz CT molecular complexity index is 1130. The number of aromatic nitrogens is 2. The van der Waals surface area contributed by atoms with Gasteiger partial charge in [-0.25, -0.2) is 4.98 Å². The molecule has 5 nitrogen and oxygen atoms in total. The van der Waals surface area contributed by atoms with Gasteiger partial charge in [-0.1, -0.05) is 36.4 Å². The molecule has 4 aromatic rings. The van der Waals surface area contributed by atoms with Crippen molar-refractivity contribution in [3.8, 4) is 11.6 Å². The molecule has 1 N–H and O–H groups in total. The lowest BCUT2D eigenvalue weighted by Gasteiger charge is -2.32. The van der Waals surface area contributed by atoms with E-state index < -0.39 is 0 Å². The average Bonchev–Trinajstić information content (AvgIpc) is 3.24. The van der Waals surface area contributed by atoms with Gasteiger partial charge in [0.25, 0.3) is 5.91 Å². The number of likely N-dealkylation sites (tertiary alicyclic amines) is 1. The largest absolute Gasteiger partial charge is 0.438 e. The van der Waals surface area contributed by atoms with Crippen LogP contribution in [0.1, 0.15) is 34.8 Å². The summed E-state index contributed by atoms with van der Waals surface area (Å²) in [5.74, 6) is 1.44. The van der Waals surface area contributed by atoms with Crippen molar-refractivity contribution in [1.82, 2.24) is 14.9 Å². The molecule has 5 heteroatoms. The normalized spacial score (nSPS) is 14.7. The second kappa shape index (κ2) is 8.03. The van der Waals surface area contributed by atoms with Crippen LogP contribution in [0.25, 0.3) is 10.9 Å². The van der Waals surface area contributed by atoms with E-state index in [1.54, 1.807) is 18.3 Å². The number of rotatable bonds is 4. The van der Waals surface area contributed by atoms with Crippen molar-refractivity contribution in [2.45, 2.75) is 18.8 Å². The van der Waals surface area contributed by atoms with Gasteiger partial charge in [-0.05, 0) is 54.6 Å². The van der Waals surface area contributed by atoms with Crippen LogP contribution in [0, 0.1) is 0 Å². The number of aromatic amines is 1. The third-order valence-electron chi connectivity index (χ3n) is 5.73. The quantitative estimate of drug-likeness (QED) is 0.503. The molecule has 1 amide bonds. The molecule has 0 radical (unpaired) electrons. The molecule has 2 aromatic carbocycles. The van der Waals surface area contributed by atoms with E-state index in [9.17, 15) is 4.79 Å². The molecular formula is C25H23N3O2. The smallest absolute Gasteiger partial charge is 0.259 e. The van der Waals surface area contributed by atoms with Gasteiger partial charge in [-0.2, -0.15) is 0 Å². The monoisotopic (exact) mass is 397 g/mol. The topological polar surface area (TPSA) is 58.2 Å². The van der Waals surface area contributed by atoms with Crippen LogP contribution in [0.15, 0.2) is 79.0 Å². The summed E-state index contributed by atoms with van der Waals surface area (Å²) in [7, 11) is 0. The molecule has 1 fully saturated rings. The molecule has 0 atom stereocenters. The molecule has 150 valence electrons. The highest BCUT2D eigenvalue weighted by molar-refractivity contribution is 5.96. The van der Waals surface area contributed by atoms with Crippen molar-refractivity contribution in [2.75, 3.05) is 13.1 Å². The molecule has 0 aliphatic carbocycles. The maximum absolute atomic E-state index is 13.2. The molecular weight excluding hydrogens is 374 g/mol. The second-order valence-corrected chi connectivity index (χ2v) is 7.65. The number of amides is 1. The van der Waals surface area contributed by atoms with Gasteiger partial charge in [0.2, 0.25) is 5.88 Å². The number of nitrogens with zero attached hydrogens (tertiary/aromatic N) is 2. The number of H-pyrrole nitrogens is 1. The number of fused-ring (bicyclic) bond motifs is 1. The predicted octanol–water partition coefficient (Wildman–Crippen LogP) is 5.38. The number of carbonyl (C=O) groups excluding carboxylic acids is 1. The van der Waals surface area contributed by atoms with Crippen molar-refractivity contribution in [2.24, 2.45) is 0 Å². The summed E-state index contributed by atoms with van der Waals surface area (Å²) in [6.07, 6.45) is 3.53. The first-order valence-corrected chi connectivity index (χ1v) is 10.3. The van der Waals surface area contributed by atoms with Crippen LogP contribution in [-0.2, 0) is 0 Å². The van der Waals surface area contributed by atoms with Crippen molar-refractivity contribution in [3.63, 3.8) is 0 Å². The summed E-state index contributed by atoms with van der Waals surface area (Å²) in [4.78, 5) is 22.9. The summed E-state index contributed by atoms with van der Waals surface area (Å²) in [6.45, 7) is 1.44. The zero-order valence-electron chi connectivity index (χ0n) is 16.6. The molecule has 0 saturated carbocycles. The molecule has 0 spiro atoms. The minimum atomic E-state index is -0.0240. The lowest BCUT2D eigenvalue weighted by molar-refractivity contribution is 0.0709. The van der Waals surface area contributed by atoms with Crippen molar-refractivity contribution in [1.29, 1.82) is 0 Å². The molecule has 5 rings (SSSR count). The minimum Gasteiger partial charge on any atom is -0.438 e. The number of ether oxygens (including phenoxy) is 1. The van der Waals surface area contributed by atoms with Gasteiger partial charge >= 0.3 is 0 Å². The van der Waals surface area contributed by atoms with Crippen LogP contribution in [-0.4, -0.2) is 33.9 Å². The first kappa shape index (κ1) is 18.4. The maximum atomic E-state index is 13.2. The van der Waals surface area contributed by atoms with Crippen molar-refractivity contribution in [3.05, 3.63) is 90.3 Å². The Labute approximate surface area is 175 Å². The summed E-state index contributed by atoms with van der Waals surface area (Å²) in [5, 5.41) is 1.24. The first-order chi connectivity index (χ1) is 14.8. The molecule has 3 heterocycles. The van der Waals surface area contributed by atoms with Gasteiger partial charge in [-0.15, -0.1) is 0 Å². The third kappa shape index (κ3) is 3.66. The lowest BCUT2D eigenvalue weighted by Crippen LogP contribution is -2.38. The Balaban J connectivity index is 1.29. The lowest BCUT2D eigenvalue weighted by atomic mass is 9.93. The standard InChI is InChI=1S/C25H23N3O2/c29-25(21-10-6-14-26-24(21)30-20-8-2-1-3-9-20)28-15-12-18(13-16-28)23-17-19-7-4-5-11-22(19)27-23/h1-11,14,17-18,27H,12-13,15-16H2. The SMILES string of the molecule is O=C(c1cccnc1Oc1ccccc1)N1CCC(c2cc3ccccc3[nH]2)CC1. The zero-order valence-corrected chi connectivity index (χ0v) is 16.6. The fourth-order valence-electron chi connectivity index (χ4n) is 4.11. The number of hydrogen-bond acceptors (Lipinski definition) is 3. The molecule has 2 aromatic heterocycles. The number of pyridine rings is 1. The highest BCUT2D eigenvalue weighted by Gasteiger charge is 2.27. The van der Waals surface area contributed by atoms with Crippen LogP contribution in [0.3, 0.4) is 0 Å². The fraction of sp³-hybridized carbons (Fsp3) is 0.200. The number of piperidine rings is 1. The fourth-order valence-corrected chi connectivity index (χ4v) is 4.11. The zero-order chi connectivity index (χ0) is 20.3. The van der Waals surface area contributed by atoms with Crippen LogP contribution in [0.2, 0.25) is 0 Å². The van der Waals surface area contributed by atoms with Gasteiger partial charge in [0.15, 0.2) is 0 Å². The van der Waals surface area contributed by atoms with E-state index in [4.69, 9.17) is 4.74 Å². The van der Waals surface area contributed by atoms with Gasteiger partial charge in [-0.3, -0.25) is 4.79 Å². The molecule has 0 unspecified atom stereocenters. The minimum absolute atomic E-state index is 0.0240. The number of nitrogens with one attached hydrogen (secondary N) is 1. The number of para-hydroxylation sites is 2. The van der Waals surface area contributed by atoms with E-state index in [2.05, 4.69) is 34.2 Å². The van der Waals surface area contributed by atoms with Crippen LogP contribution in [0.4, 0.5) is 0 Å². The summed E-state index contributed by atoms with van der Waals surface area (Å²) >= 11 is 0. The molecule has 0 bridgehead atoms. The maximum Gasteiger partial charge on any atom is 0.259 e. The molecule has 30 heavy (non-hydrogen) atoms. The molecule has 1 aliphatic heterocycles. The molecule has 1 aliphatic rings. The van der Waals surface area contributed by atoms with Crippen molar-refractivity contribution >= 4 is 16.8 Å². The summed E-state index contributed by atoms with van der Waals surface area (Å²) < 4.78 is 5.88. The van der Waals surface area contributed by atoms with E-state index in [0.29, 0.717) is 23.1 Å². The van der Waals surface area contributed by atoms with E-state index in [0.717, 1.165) is 25.9 Å². The van der Waals surface area contributed by atoms with Crippen LogP contribution in [0.5, 0.6) is 11.6 Å². The Hall–Kier alpha value is -3.60. The van der Waals surface area contributed by atoms with Crippen LogP contribution >= 0.6 is 0 Å².